The van der Waals surface area contributed by atoms with Gasteiger partial charge in [-0.1, -0.05) is 17.3 Å². The Morgan fingerprint density at radius 2 is 2.07 bits per heavy atom. The van der Waals surface area contributed by atoms with Crippen molar-refractivity contribution in [3.05, 3.63) is 47.0 Å². The van der Waals surface area contributed by atoms with Crippen LogP contribution < -0.4 is 21.5 Å². The number of nitrogens with one attached hydrogen (secondary N) is 4. The van der Waals surface area contributed by atoms with Gasteiger partial charge in [0.1, 0.15) is 23.7 Å². The Balaban J connectivity index is 1.53. The molecule has 2 amide bonds. The van der Waals surface area contributed by atoms with Crippen molar-refractivity contribution >= 4 is 17.6 Å². The molecule has 2 aromatic rings. The molecule has 4 N–H and O–H groups in total. The van der Waals surface area contributed by atoms with Crippen LogP contribution in [0.15, 0.2) is 28.8 Å². The molecule has 9 heteroatoms. The number of nitrogens with zero attached hydrogens (tertiary/aromatic N) is 1. The standard InChI is InChI=1S/C18H22FN5O3/c1-9-6-12(4-5-13(9)19)14-8-15(23-22-14)18(26)20-11(3)17(25)21-16-7-10(2)27-24-16/h4-7,11,14-15,22-23H,8H2,1-3H3,(H,20,26)(H,21,24,25)/t11-,14?,15?/m0/s1. The molecule has 27 heavy (non-hydrogen) atoms. The number of hydrogen-bond acceptors (Lipinski definition) is 6. The number of aryl methyl sites for hydroxylation is 2. The Bertz CT molecular complexity index is 853. The summed E-state index contributed by atoms with van der Waals surface area (Å²) in [6.07, 6.45) is 0.480. The van der Waals surface area contributed by atoms with Crippen LogP contribution >= 0.6 is 0 Å². The van der Waals surface area contributed by atoms with E-state index in [1.807, 2.05) is 0 Å². The van der Waals surface area contributed by atoms with Crippen molar-refractivity contribution in [1.29, 1.82) is 0 Å². The van der Waals surface area contributed by atoms with Crippen LogP contribution in [0.2, 0.25) is 0 Å². The van der Waals surface area contributed by atoms with Crippen molar-refractivity contribution in [1.82, 2.24) is 21.3 Å². The third kappa shape index (κ3) is 4.50. The Morgan fingerprint density at radius 3 is 2.74 bits per heavy atom. The van der Waals surface area contributed by atoms with Gasteiger partial charge < -0.3 is 15.2 Å². The predicted octanol–water partition coefficient (Wildman–Crippen LogP) is 1.48. The SMILES string of the molecule is Cc1cc(NC(=O)[C@H](C)NC(=O)C2CC(c3ccc(F)c(C)c3)NN2)no1. The fourth-order valence-corrected chi connectivity index (χ4v) is 2.87. The van der Waals surface area contributed by atoms with Crippen LogP contribution in [0.4, 0.5) is 10.2 Å². The van der Waals surface area contributed by atoms with E-state index in [-0.39, 0.29) is 17.8 Å². The molecule has 2 unspecified atom stereocenters. The van der Waals surface area contributed by atoms with E-state index < -0.39 is 18.0 Å². The van der Waals surface area contributed by atoms with Crippen molar-refractivity contribution in [3.63, 3.8) is 0 Å². The molecule has 0 radical (unpaired) electrons. The van der Waals surface area contributed by atoms with Gasteiger partial charge in [0.2, 0.25) is 11.8 Å². The highest BCUT2D eigenvalue weighted by Crippen LogP contribution is 2.24. The first-order valence-corrected chi connectivity index (χ1v) is 8.65. The molecule has 1 aromatic carbocycles. The van der Waals surface area contributed by atoms with E-state index in [1.165, 1.54) is 6.07 Å². The van der Waals surface area contributed by atoms with Gasteiger partial charge in [-0.15, -0.1) is 0 Å². The van der Waals surface area contributed by atoms with E-state index in [1.54, 1.807) is 39.0 Å². The van der Waals surface area contributed by atoms with Crippen LogP contribution in [-0.2, 0) is 9.59 Å². The molecule has 0 saturated carbocycles. The average molecular weight is 375 g/mol. The summed E-state index contributed by atoms with van der Waals surface area (Å²) in [5.41, 5.74) is 7.40. The van der Waals surface area contributed by atoms with Crippen LogP contribution in [0.5, 0.6) is 0 Å². The summed E-state index contributed by atoms with van der Waals surface area (Å²) in [6, 6.07) is 5.07. The van der Waals surface area contributed by atoms with Crippen LogP contribution in [-0.4, -0.2) is 29.1 Å². The van der Waals surface area contributed by atoms with Gasteiger partial charge in [-0.3, -0.25) is 9.59 Å². The normalized spacial score (nSPS) is 20.3. The minimum Gasteiger partial charge on any atom is -0.360 e. The second-order valence-electron chi connectivity index (χ2n) is 6.68. The van der Waals surface area contributed by atoms with E-state index in [0.717, 1.165) is 5.56 Å². The number of amides is 2. The number of benzene rings is 1. The molecule has 2 heterocycles. The number of carbonyl (C=O) groups is 2. The second-order valence-corrected chi connectivity index (χ2v) is 6.68. The zero-order chi connectivity index (χ0) is 19.6. The Hall–Kier alpha value is -2.78. The molecule has 0 aliphatic carbocycles. The van der Waals surface area contributed by atoms with Gasteiger partial charge in [-0.25, -0.2) is 15.2 Å². The lowest BCUT2D eigenvalue weighted by atomic mass is 10.00. The molecular weight excluding hydrogens is 353 g/mol. The van der Waals surface area contributed by atoms with Gasteiger partial charge >= 0.3 is 0 Å². The molecule has 3 rings (SSSR count). The number of halogens is 1. The van der Waals surface area contributed by atoms with Crippen LogP contribution in [0.3, 0.4) is 0 Å². The molecule has 1 aliphatic rings. The van der Waals surface area contributed by atoms with E-state index in [4.69, 9.17) is 4.52 Å². The van der Waals surface area contributed by atoms with E-state index in [0.29, 0.717) is 23.6 Å². The van der Waals surface area contributed by atoms with Crippen LogP contribution in [0, 0.1) is 19.7 Å². The molecule has 144 valence electrons. The molecule has 0 spiro atoms. The molecular formula is C18H22FN5O3. The third-order valence-corrected chi connectivity index (χ3v) is 4.44. The summed E-state index contributed by atoms with van der Waals surface area (Å²) >= 11 is 0. The lowest BCUT2D eigenvalue weighted by molar-refractivity contribution is -0.127. The summed E-state index contributed by atoms with van der Waals surface area (Å²) < 4.78 is 18.3. The Morgan fingerprint density at radius 1 is 1.30 bits per heavy atom. The second kappa shape index (κ2) is 7.85. The van der Waals surface area contributed by atoms with Gasteiger partial charge in [0.15, 0.2) is 5.82 Å². The van der Waals surface area contributed by atoms with E-state index in [9.17, 15) is 14.0 Å². The van der Waals surface area contributed by atoms with Gasteiger partial charge in [-0.2, -0.15) is 0 Å². The topological polar surface area (TPSA) is 108 Å². The summed E-state index contributed by atoms with van der Waals surface area (Å²) in [7, 11) is 0. The van der Waals surface area contributed by atoms with Gasteiger partial charge in [0.05, 0.1) is 0 Å². The Labute approximate surface area is 155 Å². The zero-order valence-corrected chi connectivity index (χ0v) is 15.3. The molecule has 0 bridgehead atoms. The first-order chi connectivity index (χ1) is 12.8. The monoisotopic (exact) mass is 375 g/mol. The smallest absolute Gasteiger partial charge is 0.247 e. The zero-order valence-electron chi connectivity index (χ0n) is 15.3. The average Bonchev–Trinajstić information content (AvgIpc) is 3.26. The lowest BCUT2D eigenvalue weighted by Crippen LogP contribution is -2.49. The molecule has 3 atom stereocenters. The highest BCUT2D eigenvalue weighted by atomic mass is 19.1. The van der Waals surface area contributed by atoms with Crippen LogP contribution in [0.25, 0.3) is 0 Å². The summed E-state index contributed by atoms with van der Waals surface area (Å²) in [6.45, 7) is 5.00. The molecule has 1 aromatic heterocycles. The number of hydrogen-bond donors (Lipinski definition) is 4. The summed E-state index contributed by atoms with van der Waals surface area (Å²) in [5.74, 6) is -0.0893. The predicted molar refractivity (Wildman–Crippen MR) is 96.0 cm³/mol. The van der Waals surface area contributed by atoms with Crippen molar-refractivity contribution in [3.8, 4) is 0 Å². The van der Waals surface area contributed by atoms with Crippen molar-refractivity contribution in [2.45, 2.75) is 45.3 Å². The number of aromatic nitrogens is 1. The van der Waals surface area contributed by atoms with E-state index in [2.05, 4.69) is 26.6 Å². The molecule has 1 saturated heterocycles. The molecule has 8 nitrogen and oxygen atoms in total. The third-order valence-electron chi connectivity index (χ3n) is 4.44. The molecule has 1 fully saturated rings. The first kappa shape index (κ1) is 19.0. The van der Waals surface area contributed by atoms with Crippen molar-refractivity contribution in [2.75, 3.05) is 5.32 Å². The van der Waals surface area contributed by atoms with Crippen molar-refractivity contribution < 1.29 is 18.5 Å². The number of carbonyl (C=O) groups excluding carboxylic acids is 2. The highest BCUT2D eigenvalue weighted by Gasteiger charge is 2.31. The summed E-state index contributed by atoms with van der Waals surface area (Å²) in [5, 5.41) is 8.93. The fourth-order valence-electron chi connectivity index (χ4n) is 2.87. The quantitative estimate of drug-likeness (QED) is 0.631. The van der Waals surface area contributed by atoms with Gasteiger partial charge in [0, 0.05) is 12.1 Å². The fraction of sp³-hybridized carbons (Fsp3) is 0.389. The minimum absolute atomic E-state index is 0.123. The lowest BCUT2D eigenvalue weighted by Gasteiger charge is -2.16. The number of rotatable bonds is 5. The van der Waals surface area contributed by atoms with E-state index >= 15 is 0 Å². The van der Waals surface area contributed by atoms with Gasteiger partial charge in [0.25, 0.3) is 0 Å². The largest absolute Gasteiger partial charge is 0.360 e. The first-order valence-electron chi connectivity index (χ1n) is 8.65. The number of anilines is 1. The Kier molecular flexibility index (Phi) is 5.52. The maximum Gasteiger partial charge on any atom is 0.247 e. The maximum absolute atomic E-state index is 13.4. The molecule has 1 aliphatic heterocycles. The number of hydrazine groups is 1. The van der Waals surface area contributed by atoms with Crippen molar-refractivity contribution in [2.24, 2.45) is 0 Å². The van der Waals surface area contributed by atoms with Gasteiger partial charge in [-0.05, 0) is 44.4 Å². The summed E-state index contributed by atoms with van der Waals surface area (Å²) in [4.78, 5) is 24.6. The maximum atomic E-state index is 13.4. The van der Waals surface area contributed by atoms with Crippen LogP contribution in [0.1, 0.15) is 36.3 Å². The highest BCUT2D eigenvalue weighted by molar-refractivity contribution is 5.97. The minimum atomic E-state index is -0.747.